The molecule has 0 atom stereocenters. The van der Waals surface area contributed by atoms with Crippen LogP contribution in [0.2, 0.25) is 0 Å². The predicted molar refractivity (Wildman–Crippen MR) is 66.9 cm³/mol. The second kappa shape index (κ2) is 7.22. The van der Waals surface area contributed by atoms with Crippen LogP contribution in [-0.4, -0.2) is 30.5 Å². The number of benzene rings is 1. The number of carbonyl (C=O) groups excluding carboxylic acids is 1. The van der Waals surface area contributed by atoms with E-state index in [0.717, 1.165) is 6.07 Å². The lowest BCUT2D eigenvalue weighted by atomic mass is 10.2. The molecule has 110 valence electrons. The highest BCUT2D eigenvalue weighted by molar-refractivity contribution is 5.72. The van der Waals surface area contributed by atoms with Crippen molar-refractivity contribution < 1.29 is 23.2 Å². The zero-order chi connectivity index (χ0) is 15.1. The van der Waals surface area contributed by atoms with Crippen molar-refractivity contribution in [3.8, 4) is 5.75 Å². The van der Waals surface area contributed by atoms with Crippen molar-refractivity contribution >= 4 is 17.3 Å². The van der Waals surface area contributed by atoms with Crippen molar-refractivity contribution in [1.82, 2.24) is 5.32 Å². The highest BCUT2D eigenvalue weighted by Crippen LogP contribution is 2.30. The molecule has 0 aromatic heterocycles. The van der Waals surface area contributed by atoms with Gasteiger partial charge in [-0.2, -0.15) is 8.78 Å². The molecule has 0 bridgehead atoms. The third-order valence-corrected chi connectivity index (χ3v) is 2.21. The summed E-state index contributed by atoms with van der Waals surface area (Å²) >= 11 is 0. The first kappa shape index (κ1) is 15.6. The average Bonchev–Trinajstić information content (AvgIpc) is 2.34. The number of nitro benzene ring substituents is 1. The first-order valence-electron chi connectivity index (χ1n) is 5.61. The van der Waals surface area contributed by atoms with E-state index < -0.39 is 11.5 Å². The van der Waals surface area contributed by atoms with E-state index >= 15 is 0 Å². The van der Waals surface area contributed by atoms with Gasteiger partial charge in [-0.3, -0.25) is 14.9 Å². The molecule has 9 heteroatoms. The fourth-order valence-electron chi connectivity index (χ4n) is 1.40. The summed E-state index contributed by atoms with van der Waals surface area (Å²) in [6.45, 7) is -1.21. The van der Waals surface area contributed by atoms with Crippen molar-refractivity contribution in [2.24, 2.45) is 0 Å². The summed E-state index contributed by atoms with van der Waals surface area (Å²) in [5, 5.41) is 15.8. The van der Waals surface area contributed by atoms with Gasteiger partial charge >= 0.3 is 6.61 Å². The van der Waals surface area contributed by atoms with E-state index in [-0.39, 0.29) is 36.1 Å². The van der Waals surface area contributed by atoms with Gasteiger partial charge in [0.25, 0.3) is 5.69 Å². The Morgan fingerprint density at radius 1 is 1.45 bits per heavy atom. The number of nitrogens with one attached hydrogen (secondary N) is 2. The van der Waals surface area contributed by atoms with Crippen LogP contribution in [0, 0.1) is 10.1 Å². The lowest BCUT2D eigenvalue weighted by molar-refractivity contribution is -0.385. The van der Waals surface area contributed by atoms with E-state index in [9.17, 15) is 23.7 Å². The van der Waals surface area contributed by atoms with Gasteiger partial charge in [-0.15, -0.1) is 0 Å². The summed E-state index contributed by atoms with van der Waals surface area (Å²) in [4.78, 5) is 20.5. The average molecular weight is 289 g/mol. The molecular weight excluding hydrogens is 276 g/mol. The van der Waals surface area contributed by atoms with E-state index in [4.69, 9.17) is 0 Å². The highest BCUT2D eigenvalue weighted by atomic mass is 19.3. The van der Waals surface area contributed by atoms with Crippen LogP contribution in [0.4, 0.5) is 20.2 Å². The second-order valence-corrected chi connectivity index (χ2v) is 3.73. The second-order valence-electron chi connectivity index (χ2n) is 3.73. The number of nitrogens with zero attached hydrogens (tertiary/aromatic N) is 1. The molecule has 0 fully saturated rings. The van der Waals surface area contributed by atoms with Gasteiger partial charge in [-0.1, -0.05) is 0 Å². The number of hydrogen-bond donors (Lipinski definition) is 2. The Morgan fingerprint density at radius 3 is 2.70 bits per heavy atom. The molecular formula is C11H13F2N3O4. The summed E-state index contributed by atoms with van der Waals surface area (Å²) in [5.74, 6) is -0.545. The van der Waals surface area contributed by atoms with E-state index in [0.29, 0.717) is 0 Å². The molecule has 7 nitrogen and oxygen atoms in total. The molecule has 0 radical (unpaired) electrons. The third-order valence-electron chi connectivity index (χ3n) is 2.21. The number of halogens is 2. The molecule has 0 heterocycles. The largest absolute Gasteiger partial charge is 0.432 e. The van der Waals surface area contributed by atoms with Gasteiger partial charge in [0.15, 0.2) is 5.75 Å². The van der Waals surface area contributed by atoms with Crippen LogP contribution in [-0.2, 0) is 4.79 Å². The van der Waals surface area contributed by atoms with E-state index in [1.54, 1.807) is 0 Å². The SMILES string of the molecule is CC(=O)NCCNc1ccc([N+](=O)[O-])cc1OC(F)F. The Morgan fingerprint density at radius 2 is 2.15 bits per heavy atom. The maximum Gasteiger partial charge on any atom is 0.387 e. The smallest absolute Gasteiger partial charge is 0.387 e. The van der Waals surface area contributed by atoms with Crippen LogP contribution in [0.1, 0.15) is 6.92 Å². The van der Waals surface area contributed by atoms with Crippen LogP contribution in [0.25, 0.3) is 0 Å². The number of ether oxygens (including phenoxy) is 1. The summed E-state index contributed by atoms with van der Waals surface area (Å²) in [6, 6.07) is 3.34. The molecule has 1 aromatic rings. The lowest BCUT2D eigenvalue weighted by Gasteiger charge is -2.12. The topological polar surface area (TPSA) is 93.5 Å². The quantitative estimate of drug-likeness (QED) is 0.453. The first-order valence-corrected chi connectivity index (χ1v) is 5.61. The monoisotopic (exact) mass is 289 g/mol. The Hall–Kier alpha value is -2.45. The molecule has 0 aliphatic heterocycles. The van der Waals surface area contributed by atoms with Crippen LogP contribution >= 0.6 is 0 Å². The molecule has 1 amide bonds. The first-order chi connectivity index (χ1) is 9.40. The minimum atomic E-state index is -3.09. The zero-order valence-corrected chi connectivity index (χ0v) is 10.6. The minimum Gasteiger partial charge on any atom is -0.432 e. The number of alkyl halides is 2. The van der Waals surface area contributed by atoms with Crippen molar-refractivity contribution in [3.05, 3.63) is 28.3 Å². The van der Waals surface area contributed by atoms with E-state index in [1.165, 1.54) is 19.1 Å². The number of nitro groups is 1. The van der Waals surface area contributed by atoms with E-state index in [1.807, 2.05) is 0 Å². The van der Waals surface area contributed by atoms with Crippen LogP contribution < -0.4 is 15.4 Å². The molecule has 0 aliphatic carbocycles. The molecule has 0 saturated heterocycles. The van der Waals surface area contributed by atoms with Gasteiger partial charge in [0, 0.05) is 26.1 Å². The fraction of sp³-hybridized carbons (Fsp3) is 0.364. The standard InChI is InChI=1S/C11H13F2N3O4/c1-7(17)14-4-5-15-9-3-2-8(16(18)19)6-10(9)20-11(12)13/h2-3,6,11,15H,4-5H2,1H3,(H,14,17). The number of non-ortho nitro benzene ring substituents is 1. The van der Waals surface area contributed by atoms with Crippen LogP contribution in [0.3, 0.4) is 0 Å². The molecule has 0 unspecified atom stereocenters. The molecule has 0 saturated carbocycles. The number of carbonyl (C=O) groups is 1. The summed E-state index contributed by atoms with van der Waals surface area (Å²) in [5.41, 5.74) is -0.172. The number of amides is 1. The van der Waals surface area contributed by atoms with Gasteiger partial charge in [-0.05, 0) is 6.07 Å². The lowest BCUT2D eigenvalue weighted by Crippen LogP contribution is -2.26. The van der Waals surface area contributed by atoms with Crippen molar-refractivity contribution in [3.63, 3.8) is 0 Å². The zero-order valence-electron chi connectivity index (χ0n) is 10.6. The van der Waals surface area contributed by atoms with Gasteiger partial charge in [0.05, 0.1) is 16.7 Å². The predicted octanol–water partition coefficient (Wildman–Crippen LogP) is 1.74. The van der Waals surface area contributed by atoms with Crippen molar-refractivity contribution in [2.75, 3.05) is 18.4 Å². The Balaban J connectivity index is 2.77. The van der Waals surface area contributed by atoms with Crippen molar-refractivity contribution in [1.29, 1.82) is 0 Å². The Kier molecular flexibility index (Phi) is 5.63. The number of anilines is 1. The highest BCUT2D eigenvalue weighted by Gasteiger charge is 2.15. The van der Waals surface area contributed by atoms with Gasteiger partial charge < -0.3 is 15.4 Å². The third kappa shape index (κ3) is 5.04. The molecule has 0 spiro atoms. The van der Waals surface area contributed by atoms with Gasteiger partial charge in [0.2, 0.25) is 5.91 Å². The molecule has 2 N–H and O–H groups in total. The Labute approximate surface area is 113 Å². The summed E-state index contributed by atoms with van der Waals surface area (Å²) < 4.78 is 28.7. The van der Waals surface area contributed by atoms with Crippen LogP contribution in [0.15, 0.2) is 18.2 Å². The maximum absolute atomic E-state index is 12.3. The molecule has 0 aliphatic rings. The van der Waals surface area contributed by atoms with Gasteiger partial charge in [0.1, 0.15) is 0 Å². The molecule has 1 rings (SSSR count). The maximum atomic E-state index is 12.3. The summed E-state index contributed by atoms with van der Waals surface area (Å²) in [7, 11) is 0. The van der Waals surface area contributed by atoms with Crippen LogP contribution in [0.5, 0.6) is 5.75 Å². The minimum absolute atomic E-state index is 0.182. The Bertz CT molecular complexity index is 497. The summed E-state index contributed by atoms with van der Waals surface area (Å²) in [6.07, 6.45) is 0. The number of hydrogen-bond acceptors (Lipinski definition) is 5. The van der Waals surface area contributed by atoms with E-state index in [2.05, 4.69) is 15.4 Å². The number of rotatable bonds is 7. The normalized spacial score (nSPS) is 10.2. The van der Waals surface area contributed by atoms with Crippen molar-refractivity contribution in [2.45, 2.75) is 13.5 Å². The molecule has 20 heavy (non-hydrogen) atoms. The van der Waals surface area contributed by atoms with Gasteiger partial charge in [-0.25, -0.2) is 0 Å². The molecule has 1 aromatic carbocycles. The fourth-order valence-corrected chi connectivity index (χ4v) is 1.40.